The van der Waals surface area contributed by atoms with Crippen molar-refractivity contribution in [1.82, 2.24) is 0 Å². The topological polar surface area (TPSA) is 237 Å². The van der Waals surface area contributed by atoms with E-state index in [4.69, 9.17) is 37.0 Å². The number of hydrogen-bond donors (Lipinski definition) is 3. The van der Waals surface area contributed by atoms with Gasteiger partial charge in [0.1, 0.15) is 19.3 Å². The molecule has 0 spiro atoms. The number of aliphatic hydroxyl groups is 1. The molecular weight excluding hydrogens is 1430 g/mol. The van der Waals surface area contributed by atoms with Crippen LogP contribution in [0.25, 0.3) is 0 Å². The van der Waals surface area contributed by atoms with Gasteiger partial charge in [-0.3, -0.25) is 37.3 Å². The van der Waals surface area contributed by atoms with Gasteiger partial charge in [-0.05, 0) is 37.5 Å². The highest BCUT2D eigenvalue weighted by Gasteiger charge is 2.31. The minimum atomic E-state index is -4.97. The van der Waals surface area contributed by atoms with Gasteiger partial charge in [0.15, 0.2) is 12.2 Å². The van der Waals surface area contributed by atoms with E-state index in [9.17, 15) is 43.2 Å². The first kappa shape index (κ1) is 108. The fraction of sp³-hybridized carbons (Fsp3) is 0.956. The maximum absolute atomic E-state index is 13.2. The zero-order valence-electron chi connectivity index (χ0n) is 72.6. The Kier molecular flexibility index (Phi) is 80.7. The molecule has 5 atom stereocenters. The van der Waals surface area contributed by atoms with Gasteiger partial charge < -0.3 is 33.8 Å². The van der Waals surface area contributed by atoms with Crippen LogP contribution in [-0.4, -0.2) is 96.7 Å². The Morgan fingerprint density at radius 1 is 0.245 bits per heavy atom. The molecule has 0 aliphatic carbocycles. The molecule has 0 amide bonds. The first-order valence-electron chi connectivity index (χ1n) is 47.0. The van der Waals surface area contributed by atoms with Crippen LogP contribution < -0.4 is 0 Å². The molecule has 19 heteroatoms. The van der Waals surface area contributed by atoms with Crippen molar-refractivity contribution >= 4 is 39.5 Å². The highest BCUT2D eigenvalue weighted by Crippen LogP contribution is 2.45. The number of unbranched alkanes of at least 4 members (excludes halogenated alkanes) is 60. The van der Waals surface area contributed by atoms with Gasteiger partial charge in [-0.2, -0.15) is 0 Å². The van der Waals surface area contributed by atoms with Crippen molar-refractivity contribution in [2.24, 2.45) is 11.8 Å². The lowest BCUT2D eigenvalue weighted by Gasteiger charge is -2.21. The molecule has 654 valence electrons. The Morgan fingerprint density at radius 2 is 0.418 bits per heavy atom. The first-order valence-corrected chi connectivity index (χ1v) is 50.0. The summed E-state index contributed by atoms with van der Waals surface area (Å²) in [6.07, 6.45) is 76.5. The number of esters is 4. The van der Waals surface area contributed by atoms with Crippen LogP contribution in [0, 0.1) is 11.8 Å². The van der Waals surface area contributed by atoms with Gasteiger partial charge in [0.2, 0.25) is 0 Å². The standard InChI is InChI=1S/C91H178O17P2/c1-7-9-11-13-15-17-19-21-23-25-27-28-29-30-32-36-41-45-51-58-64-70-75-90(95)107-86(79-101-88(93)73-67-61-55-49-43-39-37-33-34-38-42-47-53-59-65-71-83(3)4)81-105-109(97,98)103-77-85(92)78-104-110(99,100)106-82-87(80-102-89(94)74-68-62-56-52-46-48-54-60-66-72-84(5)6)108-91(96)76-69-63-57-50-44-40-35-31-26-24-22-20-18-16-14-12-10-8-2/h83-87,92H,7-82H2,1-6H3,(H,97,98)(H,99,100)/t85-,86-,87-/m1/s1. The highest BCUT2D eigenvalue weighted by atomic mass is 31.2. The van der Waals surface area contributed by atoms with Crippen LogP contribution in [0.4, 0.5) is 0 Å². The van der Waals surface area contributed by atoms with E-state index in [-0.39, 0.29) is 25.7 Å². The van der Waals surface area contributed by atoms with E-state index in [1.165, 1.54) is 308 Å². The first-order chi connectivity index (χ1) is 53.4. The normalized spacial score (nSPS) is 13.7. The highest BCUT2D eigenvalue weighted by molar-refractivity contribution is 7.47. The lowest BCUT2D eigenvalue weighted by molar-refractivity contribution is -0.161. The summed E-state index contributed by atoms with van der Waals surface area (Å²) in [5.41, 5.74) is 0. The molecule has 0 radical (unpaired) electrons. The molecule has 17 nitrogen and oxygen atoms in total. The van der Waals surface area contributed by atoms with Crippen molar-refractivity contribution in [2.45, 2.75) is 509 Å². The lowest BCUT2D eigenvalue weighted by Crippen LogP contribution is -2.30. The van der Waals surface area contributed by atoms with Gasteiger partial charge in [0, 0.05) is 25.7 Å². The van der Waals surface area contributed by atoms with Crippen LogP contribution in [0.5, 0.6) is 0 Å². The second kappa shape index (κ2) is 82.2. The van der Waals surface area contributed by atoms with Gasteiger partial charge in [-0.15, -0.1) is 0 Å². The van der Waals surface area contributed by atoms with Crippen molar-refractivity contribution in [3.63, 3.8) is 0 Å². The van der Waals surface area contributed by atoms with Crippen molar-refractivity contribution in [3.05, 3.63) is 0 Å². The zero-order chi connectivity index (χ0) is 80.6. The fourth-order valence-corrected chi connectivity index (χ4v) is 15.9. The number of hydrogen-bond acceptors (Lipinski definition) is 15. The van der Waals surface area contributed by atoms with E-state index in [0.717, 1.165) is 102 Å². The third kappa shape index (κ3) is 84.0. The SMILES string of the molecule is CCCCCCCCCCCCCCCCCCCCCCCCC(=O)O[C@H](COC(=O)CCCCCCCCCCCCCCCCCC(C)C)COP(=O)(O)OC[C@@H](O)COP(=O)(O)OC[C@@H](COC(=O)CCCCCCCCCCCC(C)C)OC(=O)CCCCCCCCCCCCCCCCCCCC. The second-order valence-corrected chi connectivity index (χ2v) is 36.6. The van der Waals surface area contributed by atoms with Crippen molar-refractivity contribution < 1.29 is 80.2 Å². The zero-order valence-corrected chi connectivity index (χ0v) is 74.4. The quantitative estimate of drug-likeness (QED) is 0.0222. The van der Waals surface area contributed by atoms with Gasteiger partial charge >= 0.3 is 39.5 Å². The predicted octanol–water partition coefficient (Wildman–Crippen LogP) is 28.2. The molecule has 0 heterocycles. The van der Waals surface area contributed by atoms with Crippen LogP contribution in [0.2, 0.25) is 0 Å². The molecule has 0 aliphatic rings. The summed E-state index contributed by atoms with van der Waals surface area (Å²) in [6.45, 7) is 9.71. The van der Waals surface area contributed by atoms with E-state index < -0.39 is 97.5 Å². The molecule has 0 rings (SSSR count). The molecule has 0 saturated heterocycles. The average molecular weight is 1610 g/mol. The summed E-state index contributed by atoms with van der Waals surface area (Å²) in [5, 5.41) is 10.7. The minimum Gasteiger partial charge on any atom is -0.462 e. The smallest absolute Gasteiger partial charge is 0.462 e. The number of phosphoric acid groups is 2. The van der Waals surface area contributed by atoms with Crippen LogP contribution >= 0.6 is 15.6 Å². The Morgan fingerprint density at radius 3 is 0.618 bits per heavy atom. The largest absolute Gasteiger partial charge is 0.472 e. The summed E-state index contributed by atoms with van der Waals surface area (Å²) >= 11 is 0. The Hall–Kier alpha value is -1.94. The minimum absolute atomic E-state index is 0.109. The third-order valence-electron chi connectivity index (χ3n) is 21.5. The van der Waals surface area contributed by atoms with Gasteiger partial charge in [-0.1, -0.05) is 440 Å². The van der Waals surface area contributed by atoms with Crippen LogP contribution in [0.1, 0.15) is 491 Å². The number of rotatable bonds is 90. The van der Waals surface area contributed by atoms with Crippen molar-refractivity contribution in [1.29, 1.82) is 0 Å². The van der Waals surface area contributed by atoms with E-state index in [2.05, 4.69) is 41.5 Å². The van der Waals surface area contributed by atoms with Crippen LogP contribution in [-0.2, 0) is 65.4 Å². The Bertz CT molecular complexity index is 2100. The summed E-state index contributed by atoms with van der Waals surface area (Å²) in [7, 11) is -9.94. The van der Waals surface area contributed by atoms with E-state index in [1.54, 1.807) is 0 Å². The Balaban J connectivity index is 5.24. The molecule has 2 unspecified atom stereocenters. The molecule has 0 aliphatic heterocycles. The monoisotopic (exact) mass is 1610 g/mol. The molecule has 0 aromatic carbocycles. The number of phosphoric ester groups is 2. The van der Waals surface area contributed by atoms with Crippen LogP contribution in [0.3, 0.4) is 0 Å². The molecule has 0 aromatic rings. The summed E-state index contributed by atoms with van der Waals surface area (Å²) in [6, 6.07) is 0. The Labute approximate surface area is 677 Å². The third-order valence-corrected chi connectivity index (χ3v) is 23.4. The lowest BCUT2D eigenvalue weighted by atomic mass is 10.0. The molecular formula is C91H178O17P2. The van der Waals surface area contributed by atoms with E-state index in [1.807, 2.05) is 0 Å². The van der Waals surface area contributed by atoms with Crippen molar-refractivity contribution in [2.75, 3.05) is 39.6 Å². The molecule has 0 aromatic heterocycles. The van der Waals surface area contributed by atoms with Gasteiger partial charge in [-0.25, -0.2) is 9.13 Å². The number of carbonyl (C=O) groups excluding carboxylic acids is 4. The predicted molar refractivity (Wildman–Crippen MR) is 455 cm³/mol. The second-order valence-electron chi connectivity index (χ2n) is 33.6. The van der Waals surface area contributed by atoms with E-state index in [0.29, 0.717) is 25.7 Å². The summed E-state index contributed by atoms with van der Waals surface area (Å²) < 4.78 is 69.1. The molecule has 0 saturated carbocycles. The summed E-state index contributed by atoms with van der Waals surface area (Å²) in [4.78, 5) is 73.4. The van der Waals surface area contributed by atoms with Crippen LogP contribution in [0.15, 0.2) is 0 Å². The van der Waals surface area contributed by atoms with Gasteiger partial charge in [0.05, 0.1) is 26.4 Å². The maximum atomic E-state index is 13.2. The molecule has 3 N–H and O–H groups in total. The number of carbonyl (C=O) groups is 4. The fourth-order valence-electron chi connectivity index (χ4n) is 14.3. The van der Waals surface area contributed by atoms with E-state index >= 15 is 0 Å². The maximum Gasteiger partial charge on any atom is 0.472 e. The molecule has 0 bridgehead atoms. The van der Waals surface area contributed by atoms with Gasteiger partial charge in [0.25, 0.3) is 0 Å². The summed E-state index contributed by atoms with van der Waals surface area (Å²) in [5.74, 6) is -0.546. The number of ether oxygens (including phenoxy) is 4. The number of aliphatic hydroxyl groups excluding tert-OH is 1. The molecule has 0 fully saturated rings. The molecule has 110 heavy (non-hydrogen) atoms. The average Bonchev–Trinajstić information content (AvgIpc) is 0.898. The van der Waals surface area contributed by atoms with Crippen molar-refractivity contribution in [3.8, 4) is 0 Å².